The Balaban J connectivity index is 1.62. The topological polar surface area (TPSA) is 99.4 Å². The third-order valence-corrected chi connectivity index (χ3v) is 6.10. The van der Waals surface area contributed by atoms with Crippen molar-refractivity contribution in [2.24, 2.45) is 5.92 Å². The van der Waals surface area contributed by atoms with Crippen LogP contribution in [0.5, 0.6) is 0 Å². The number of fused-ring (bicyclic) bond motifs is 2. The maximum atomic E-state index is 12.6. The van der Waals surface area contributed by atoms with Gasteiger partial charge in [-0.05, 0) is 49.9 Å². The highest BCUT2D eigenvalue weighted by molar-refractivity contribution is 7.18. The molecule has 2 N–H and O–H groups in total. The Bertz CT molecular complexity index is 1290. The van der Waals surface area contributed by atoms with Crippen molar-refractivity contribution in [3.05, 3.63) is 45.8 Å². The molecule has 0 radical (unpaired) electrons. The average Bonchev–Trinajstić information content (AvgIpc) is 3.35. The highest BCUT2D eigenvalue weighted by atomic mass is 32.1. The molecule has 0 bridgehead atoms. The number of H-pyrrole nitrogens is 1. The summed E-state index contributed by atoms with van der Waals surface area (Å²) in [6.07, 6.45) is 4.22. The Morgan fingerprint density at radius 1 is 1.43 bits per heavy atom. The van der Waals surface area contributed by atoms with E-state index in [1.165, 1.54) is 0 Å². The standard InChI is InChI=1S/C20H18N6OS/c1-11-23-14-5-4-13(10-17(14)28-11)24-19-18-16(7-9-22-20(18)27)26(25-19)15(6-8-21)12-2-3-12/h4-5,7,9-10,12,15H,2-3,6H2,1H3,(H,22,27)(H,24,25)/t15-/m0/s1. The number of thiazole rings is 1. The molecule has 3 aromatic heterocycles. The minimum atomic E-state index is -0.188. The van der Waals surface area contributed by atoms with E-state index in [1.807, 2.05) is 35.9 Å². The lowest BCUT2D eigenvalue weighted by molar-refractivity contribution is 0.426. The molecule has 7 nitrogen and oxygen atoms in total. The smallest absolute Gasteiger partial charge is 0.261 e. The summed E-state index contributed by atoms with van der Waals surface area (Å²) in [4.78, 5) is 19.8. The van der Waals surface area contributed by atoms with Crippen LogP contribution < -0.4 is 10.9 Å². The van der Waals surface area contributed by atoms with E-state index in [0.717, 1.165) is 39.3 Å². The molecule has 8 heteroatoms. The molecule has 0 aliphatic heterocycles. The predicted octanol–water partition coefficient (Wildman–Crippen LogP) is 4.25. The van der Waals surface area contributed by atoms with Crippen LogP contribution in [0.4, 0.5) is 11.5 Å². The Morgan fingerprint density at radius 2 is 2.29 bits per heavy atom. The summed E-state index contributed by atoms with van der Waals surface area (Å²) in [5, 5.41) is 18.8. The fraction of sp³-hybridized carbons (Fsp3) is 0.300. The highest BCUT2D eigenvalue weighted by Gasteiger charge is 2.34. The van der Waals surface area contributed by atoms with Gasteiger partial charge >= 0.3 is 0 Å². The third-order valence-electron chi connectivity index (χ3n) is 5.17. The molecule has 0 saturated heterocycles. The summed E-state index contributed by atoms with van der Waals surface area (Å²) in [5.74, 6) is 0.965. The van der Waals surface area contributed by atoms with Crippen molar-refractivity contribution in [1.29, 1.82) is 5.26 Å². The molecular formula is C20H18N6OS. The number of benzene rings is 1. The van der Waals surface area contributed by atoms with Crippen LogP contribution in [-0.2, 0) is 0 Å². The third kappa shape index (κ3) is 2.84. The maximum absolute atomic E-state index is 12.6. The van der Waals surface area contributed by atoms with Gasteiger partial charge in [0.25, 0.3) is 5.56 Å². The van der Waals surface area contributed by atoms with E-state index in [9.17, 15) is 10.1 Å². The van der Waals surface area contributed by atoms with Crippen LogP contribution in [0.2, 0.25) is 0 Å². The van der Waals surface area contributed by atoms with Gasteiger partial charge in [-0.3, -0.25) is 9.48 Å². The number of aryl methyl sites for hydroxylation is 1. The van der Waals surface area contributed by atoms with Crippen LogP contribution in [0.25, 0.3) is 21.1 Å². The molecule has 5 rings (SSSR count). The number of aromatic amines is 1. The van der Waals surface area contributed by atoms with Crippen LogP contribution in [0, 0.1) is 24.2 Å². The maximum Gasteiger partial charge on any atom is 0.261 e. The van der Waals surface area contributed by atoms with Gasteiger partial charge in [-0.1, -0.05) is 0 Å². The number of nitrogens with zero attached hydrogens (tertiary/aromatic N) is 4. The van der Waals surface area contributed by atoms with Crippen molar-refractivity contribution < 1.29 is 0 Å². The Morgan fingerprint density at radius 3 is 3.07 bits per heavy atom. The number of aromatic nitrogens is 4. The van der Waals surface area contributed by atoms with Gasteiger partial charge in [0.2, 0.25) is 0 Å². The number of pyridine rings is 1. The van der Waals surface area contributed by atoms with Crippen LogP contribution in [0.3, 0.4) is 0 Å². The molecule has 0 unspecified atom stereocenters. The zero-order valence-electron chi connectivity index (χ0n) is 15.3. The second-order valence-electron chi connectivity index (χ2n) is 7.17. The van der Waals surface area contributed by atoms with Crippen molar-refractivity contribution in [3.8, 4) is 6.07 Å². The second-order valence-corrected chi connectivity index (χ2v) is 8.40. The summed E-state index contributed by atoms with van der Waals surface area (Å²) in [6.45, 7) is 1.99. The first-order valence-corrected chi connectivity index (χ1v) is 10.1. The number of anilines is 2. The molecule has 4 aromatic rings. The van der Waals surface area contributed by atoms with Gasteiger partial charge in [-0.25, -0.2) is 4.98 Å². The van der Waals surface area contributed by atoms with Crippen molar-refractivity contribution in [2.45, 2.75) is 32.2 Å². The van der Waals surface area contributed by atoms with Gasteiger partial charge in [-0.15, -0.1) is 11.3 Å². The van der Waals surface area contributed by atoms with Crippen molar-refractivity contribution in [2.75, 3.05) is 5.32 Å². The largest absolute Gasteiger partial charge is 0.338 e. The van der Waals surface area contributed by atoms with E-state index in [-0.39, 0.29) is 11.6 Å². The van der Waals surface area contributed by atoms with Crippen molar-refractivity contribution in [1.82, 2.24) is 19.7 Å². The average molecular weight is 390 g/mol. The molecule has 1 fully saturated rings. The van der Waals surface area contributed by atoms with Crippen molar-refractivity contribution >= 4 is 44.0 Å². The molecular weight excluding hydrogens is 372 g/mol. The van der Waals surface area contributed by atoms with E-state index >= 15 is 0 Å². The van der Waals surface area contributed by atoms with Gasteiger partial charge < -0.3 is 10.3 Å². The van der Waals surface area contributed by atoms with E-state index in [1.54, 1.807) is 17.5 Å². The summed E-state index contributed by atoms with van der Waals surface area (Å²) >= 11 is 1.63. The van der Waals surface area contributed by atoms with Crippen LogP contribution in [0.1, 0.15) is 30.3 Å². The normalized spacial score (nSPS) is 15.0. The molecule has 1 saturated carbocycles. The van der Waals surface area contributed by atoms with Crippen LogP contribution >= 0.6 is 11.3 Å². The second kappa shape index (κ2) is 6.46. The Labute approximate surface area is 164 Å². The Kier molecular flexibility index (Phi) is 3.91. The summed E-state index contributed by atoms with van der Waals surface area (Å²) in [6, 6.07) is 10.1. The SMILES string of the molecule is Cc1nc2ccc(Nc3nn([C@@H](CC#N)C4CC4)c4cc[nH]c(=O)c34)cc2s1. The van der Waals surface area contributed by atoms with E-state index in [2.05, 4.69) is 21.4 Å². The van der Waals surface area contributed by atoms with Gasteiger partial charge in [0.15, 0.2) is 5.82 Å². The Hall–Kier alpha value is -3.18. The molecule has 1 aromatic carbocycles. The number of nitrogens with one attached hydrogen (secondary N) is 2. The molecule has 1 aliphatic rings. The summed E-state index contributed by atoms with van der Waals surface area (Å²) in [5.41, 5.74) is 2.39. The molecule has 28 heavy (non-hydrogen) atoms. The lowest BCUT2D eigenvalue weighted by atomic mass is 10.1. The van der Waals surface area contributed by atoms with E-state index < -0.39 is 0 Å². The molecule has 1 atom stereocenters. The molecule has 0 amide bonds. The zero-order valence-corrected chi connectivity index (χ0v) is 16.1. The van der Waals surface area contributed by atoms with Crippen LogP contribution in [-0.4, -0.2) is 19.7 Å². The minimum absolute atomic E-state index is 0.00326. The first-order chi connectivity index (χ1) is 13.6. The van der Waals surface area contributed by atoms with Gasteiger partial charge in [-0.2, -0.15) is 10.4 Å². The number of hydrogen-bond donors (Lipinski definition) is 2. The number of rotatable bonds is 5. The van der Waals surface area contributed by atoms with E-state index in [4.69, 9.17) is 5.10 Å². The highest BCUT2D eigenvalue weighted by Crippen LogP contribution is 2.43. The lowest BCUT2D eigenvalue weighted by Gasteiger charge is -2.14. The van der Waals surface area contributed by atoms with E-state index in [0.29, 0.717) is 23.5 Å². The van der Waals surface area contributed by atoms with Gasteiger partial charge in [0, 0.05) is 11.9 Å². The fourth-order valence-electron chi connectivity index (χ4n) is 3.72. The van der Waals surface area contributed by atoms with Crippen molar-refractivity contribution in [3.63, 3.8) is 0 Å². The monoisotopic (exact) mass is 390 g/mol. The first kappa shape index (κ1) is 17.0. The zero-order chi connectivity index (χ0) is 19.3. The first-order valence-electron chi connectivity index (χ1n) is 9.25. The van der Waals surface area contributed by atoms with Gasteiger partial charge in [0.05, 0.1) is 39.3 Å². The minimum Gasteiger partial charge on any atom is -0.338 e. The number of nitriles is 1. The molecule has 0 spiro atoms. The summed E-state index contributed by atoms with van der Waals surface area (Å²) < 4.78 is 2.95. The molecule has 140 valence electrons. The lowest BCUT2D eigenvalue weighted by Crippen LogP contribution is -2.13. The molecule has 3 heterocycles. The quantitative estimate of drug-likeness (QED) is 0.531. The number of hydrogen-bond acceptors (Lipinski definition) is 6. The molecule has 1 aliphatic carbocycles. The van der Waals surface area contributed by atoms with Crippen LogP contribution in [0.15, 0.2) is 35.3 Å². The van der Waals surface area contributed by atoms with Gasteiger partial charge in [0.1, 0.15) is 5.39 Å². The fourth-order valence-corrected chi connectivity index (χ4v) is 4.59. The predicted molar refractivity (Wildman–Crippen MR) is 110 cm³/mol. The summed E-state index contributed by atoms with van der Waals surface area (Å²) in [7, 11) is 0.